The molecule has 1 aromatic heterocycles. The monoisotopic (exact) mass is 141 g/mol. The van der Waals surface area contributed by atoms with Gasteiger partial charge in [-0.15, -0.1) is 0 Å². The lowest BCUT2D eigenvalue weighted by molar-refractivity contribution is 0.582. The Morgan fingerprint density at radius 1 is 1.80 bits per heavy atom. The topological polar surface area (TPSA) is 68.8 Å². The second-order valence-electron chi connectivity index (χ2n) is 1.87. The molecular formula is C5H11N5. The molecule has 0 fully saturated rings. The molecule has 3 N–H and O–H groups in total. The van der Waals surface area contributed by atoms with E-state index in [0.29, 0.717) is 6.54 Å². The van der Waals surface area contributed by atoms with Gasteiger partial charge in [-0.2, -0.15) is 5.10 Å². The van der Waals surface area contributed by atoms with E-state index in [9.17, 15) is 0 Å². The van der Waals surface area contributed by atoms with E-state index in [1.807, 2.05) is 6.92 Å². The maximum Gasteiger partial charge on any atom is 0.142 e. The minimum absolute atomic E-state index is 0.563. The number of aryl methyl sites for hydroxylation is 1. The standard InChI is InChI=1S/C5H11N5/c1-2-10-5(3-8-6)7-4-9-10/h4,8H,2-3,6H2,1H3. The third kappa shape index (κ3) is 1.31. The summed E-state index contributed by atoms with van der Waals surface area (Å²) in [5, 5.41) is 3.96. The number of nitrogens with two attached hydrogens (primary N) is 1. The Bertz CT molecular complexity index is 194. The zero-order valence-corrected chi connectivity index (χ0v) is 5.91. The molecule has 0 unspecified atom stereocenters. The fourth-order valence-corrected chi connectivity index (χ4v) is 0.780. The van der Waals surface area contributed by atoms with Crippen LogP contribution in [0.3, 0.4) is 0 Å². The van der Waals surface area contributed by atoms with Gasteiger partial charge in [0.05, 0.1) is 6.54 Å². The average Bonchev–Trinajstić information content (AvgIpc) is 2.36. The lowest BCUT2D eigenvalue weighted by atomic mass is 10.6. The fraction of sp³-hybridized carbons (Fsp3) is 0.600. The first-order valence-corrected chi connectivity index (χ1v) is 3.18. The molecule has 0 bridgehead atoms. The maximum atomic E-state index is 5.11. The summed E-state index contributed by atoms with van der Waals surface area (Å²) in [6.45, 7) is 3.40. The highest BCUT2D eigenvalue weighted by molar-refractivity contribution is 4.82. The van der Waals surface area contributed by atoms with Crippen molar-refractivity contribution in [2.45, 2.75) is 20.0 Å². The Hall–Kier alpha value is -0.940. The summed E-state index contributed by atoms with van der Waals surface area (Å²) >= 11 is 0. The van der Waals surface area contributed by atoms with Crippen LogP contribution in [0.1, 0.15) is 12.7 Å². The van der Waals surface area contributed by atoms with Crippen molar-refractivity contribution in [2.24, 2.45) is 5.84 Å². The number of aromatic nitrogens is 3. The lowest BCUT2D eigenvalue weighted by Crippen LogP contribution is -2.23. The number of nitrogens with one attached hydrogen (secondary N) is 1. The first kappa shape index (κ1) is 7.17. The molecule has 0 radical (unpaired) electrons. The number of hydrazine groups is 1. The minimum atomic E-state index is 0.563. The van der Waals surface area contributed by atoms with Crippen molar-refractivity contribution in [1.82, 2.24) is 20.2 Å². The molecule has 0 spiro atoms. The molecule has 0 atom stereocenters. The first-order valence-electron chi connectivity index (χ1n) is 3.18. The zero-order valence-electron chi connectivity index (χ0n) is 5.91. The Morgan fingerprint density at radius 3 is 3.20 bits per heavy atom. The van der Waals surface area contributed by atoms with Gasteiger partial charge in [-0.1, -0.05) is 0 Å². The Balaban J connectivity index is 2.70. The van der Waals surface area contributed by atoms with Crippen molar-refractivity contribution in [1.29, 1.82) is 0 Å². The van der Waals surface area contributed by atoms with Crippen LogP contribution in [0, 0.1) is 0 Å². The summed E-state index contributed by atoms with van der Waals surface area (Å²) in [4.78, 5) is 3.99. The highest BCUT2D eigenvalue weighted by atomic mass is 15.3. The summed E-state index contributed by atoms with van der Waals surface area (Å²) < 4.78 is 1.79. The summed E-state index contributed by atoms with van der Waals surface area (Å²) in [6.07, 6.45) is 1.52. The van der Waals surface area contributed by atoms with Crippen molar-refractivity contribution >= 4 is 0 Å². The van der Waals surface area contributed by atoms with E-state index >= 15 is 0 Å². The summed E-state index contributed by atoms with van der Waals surface area (Å²) in [5.41, 5.74) is 2.52. The molecule has 0 aromatic carbocycles. The van der Waals surface area contributed by atoms with E-state index in [0.717, 1.165) is 12.4 Å². The number of hydrogen-bond donors (Lipinski definition) is 2. The predicted octanol–water partition coefficient (Wildman–Crippen LogP) is -0.739. The molecule has 0 saturated heterocycles. The minimum Gasteiger partial charge on any atom is -0.271 e. The number of hydrogen-bond acceptors (Lipinski definition) is 4. The molecule has 0 aliphatic heterocycles. The molecule has 0 amide bonds. The number of rotatable bonds is 3. The van der Waals surface area contributed by atoms with Gasteiger partial charge in [0.15, 0.2) is 0 Å². The highest BCUT2D eigenvalue weighted by Crippen LogP contribution is 1.90. The molecule has 0 saturated carbocycles. The van der Waals surface area contributed by atoms with Crippen LogP contribution >= 0.6 is 0 Å². The molecule has 10 heavy (non-hydrogen) atoms. The first-order chi connectivity index (χ1) is 4.88. The van der Waals surface area contributed by atoms with Crippen molar-refractivity contribution < 1.29 is 0 Å². The van der Waals surface area contributed by atoms with Gasteiger partial charge in [0.1, 0.15) is 12.2 Å². The molecule has 5 nitrogen and oxygen atoms in total. The third-order valence-electron chi connectivity index (χ3n) is 1.26. The van der Waals surface area contributed by atoms with Crippen molar-refractivity contribution in [3.05, 3.63) is 12.2 Å². The Labute approximate surface area is 59.2 Å². The van der Waals surface area contributed by atoms with E-state index in [2.05, 4.69) is 15.5 Å². The van der Waals surface area contributed by atoms with Crippen LogP contribution in [0.2, 0.25) is 0 Å². The van der Waals surface area contributed by atoms with Gasteiger partial charge >= 0.3 is 0 Å². The molecule has 0 aliphatic carbocycles. The van der Waals surface area contributed by atoms with E-state index < -0.39 is 0 Å². The van der Waals surface area contributed by atoms with E-state index in [-0.39, 0.29) is 0 Å². The zero-order chi connectivity index (χ0) is 7.40. The van der Waals surface area contributed by atoms with Crippen LogP contribution in [0.25, 0.3) is 0 Å². The lowest BCUT2D eigenvalue weighted by Gasteiger charge is -1.99. The van der Waals surface area contributed by atoms with Gasteiger partial charge in [0, 0.05) is 6.54 Å². The van der Waals surface area contributed by atoms with E-state index in [1.54, 1.807) is 4.68 Å². The van der Waals surface area contributed by atoms with Crippen molar-refractivity contribution in [3.63, 3.8) is 0 Å². The predicted molar refractivity (Wildman–Crippen MR) is 36.7 cm³/mol. The van der Waals surface area contributed by atoms with Crippen LogP contribution in [0.15, 0.2) is 6.33 Å². The third-order valence-corrected chi connectivity index (χ3v) is 1.26. The second kappa shape index (κ2) is 3.28. The van der Waals surface area contributed by atoms with Gasteiger partial charge in [-0.3, -0.25) is 11.3 Å². The molecule has 1 rings (SSSR count). The average molecular weight is 141 g/mol. The van der Waals surface area contributed by atoms with Crippen LogP contribution in [-0.2, 0) is 13.1 Å². The van der Waals surface area contributed by atoms with Crippen molar-refractivity contribution in [2.75, 3.05) is 0 Å². The summed E-state index contributed by atoms with van der Waals surface area (Å²) in [6, 6.07) is 0. The Morgan fingerprint density at radius 2 is 2.60 bits per heavy atom. The quantitative estimate of drug-likeness (QED) is 0.430. The van der Waals surface area contributed by atoms with Gasteiger partial charge in [0.2, 0.25) is 0 Å². The van der Waals surface area contributed by atoms with Gasteiger partial charge in [-0.05, 0) is 6.92 Å². The van der Waals surface area contributed by atoms with E-state index in [1.165, 1.54) is 6.33 Å². The molecule has 1 aromatic rings. The number of nitrogens with zero attached hydrogens (tertiary/aromatic N) is 3. The van der Waals surface area contributed by atoms with Crippen LogP contribution in [0.5, 0.6) is 0 Å². The smallest absolute Gasteiger partial charge is 0.142 e. The fourth-order valence-electron chi connectivity index (χ4n) is 0.780. The molecule has 56 valence electrons. The molecule has 1 heterocycles. The molecular weight excluding hydrogens is 130 g/mol. The van der Waals surface area contributed by atoms with Gasteiger partial charge in [0.25, 0.3) is 0 Å². The van der Waals surface area contributed by atoms with Gasteiger partial charge < -0.3 is 0 Å². The second-order valence-corrected chi connectivity index (χ2v) is 1.87. The van der Waals surface area contributed by atoms with Crippen LogP contribution < -0.4 is 11.3 Å². The highest BCUT2D eigenvalue weighted by Gasteiger charge is 1.98. The summed E-state index contributed by atoms with van der Waals surface area (Å²) in [5.74, 6) is 5.98. The summed E-state index contributed by atoms with van der Waals surface area (Å²) in [7, 11) is 0. The Kier molecular flexibility index (Phi) is 2.35. The van der Waals surface area contributed by atoms with Gasteiger partial charge in [-0.25, -0.2) is 9.67 Å². The van der Waals surface area contributed by atoms with Crippen LogP contribution in [0.4, 0.5) is 0 Å². The SMILES string of the molecule is CCn1ncnc1CNN. The largest absolute Gasteiger partial charge is 0.271 e. The van der Waals surface area contributed by atoms with Crippen molar-refractivity contribution in [3.8, 4) is 0 Å². The van der Waals surface area contributed by atoms with E-state index in [4.69, 9.17) is 5.84 Å². The van der Waals surface area contributed by atoms with Crippen LogP contribution in [-0.4, -0.2) is 14.8 Å². The molecule has 5 heteroatoms. The maximum absolute atomic E-state index is 5.11. The molecule has 0 aliphatic rings. The normalized spacial score (nSPS) is 10.2.